The fourth-order valence-electron chi connectivity index (χ4n) is 3.54. The smallest absolute Gasteiger partial charge is 0.222 e. The highest BCUT2D eigenvalue weighted by atomic mass is 16.5. The highest BCUT2D eigenvalue weighted by molar-refractivity contribution is 5.80. The molecule has 0 spiro atoms. The van der Waals surface area contributed by atoms with E-state index in [1.165, 1.54) is 12.8 Å². The predicted octanol–water partition coefficient (Wildman–Crippen LogP) is 4.94. The first-order valence-corrected chi connectivity index (χ1v) is 9.16. The Morgan fingerprint density at radius 3 is 2.65 bits per heavy atom. The van der Waals surface area contributed by atoms with Crippen LogP contribution in [0.4, 0.5) is 0 Å². The van der Waals surface area contributed by atoms with Gasteiger partial charge in [0, 0.05) is 23.1 Å². The van der Waals surface area contributed by atoms with Crippen LogP contribution in [0.5, 0.6) is 17.4 Å². The minimum atomic E-state index is 0.654. The normalized spacial score (nSPS) is 14.7. The third-order valence-corrected chi connectivity index (χ3v) is 4.93. The number of ether oxygens (including phenoxy) is 2. The maximum atomic E-state index is 6.14. The van der Waals surface area contributed by atoms with E-state index in [0.717, 1.165) is 53.2 Å². The van der Waals surface area contributed by atoms with Crippen molar-refractivity contribution < 1.29 is 9.47 Å². The molecule has 0 N–H and O–H groups in total. The molecular formula is C22H24N2O2. The van der Waals surface area contributed by atoms with Gasteiger partial charge in [-0.3, -0.25) is 4.90 Å². The molecule has 2 heterocycles. The molecular weight excluding hydrogens is 324 g/mol. The van der Waals surface area contributed by atoms with Crippen molar-refractivity contribution in [2.24, 2.45) is 0 Å². The van der Waals surface area contributed by atoms with E-state index >= 15 is 0 Å². The van der Waals surface area contributed by atoms with Crippen LogP contribution < -0.4 is 9.47 Å². The summed E-state index contributed by atoms with van der Waals surface area (Å²) in [5, 5.41) is 1.13. The predicted molar refractivity (Wildman–Crippen MR) is 104 cm³/mol. The van der Waals surface area contributed by atoms with Gasteiger partial charge >= 0.3 is 0 Å². The van der Waals surface area contributed by atoms with Crippen LogP contribution in [0.1, 0.15) is 24.0 Å². The summed E-state index contributed by atoms with van der Waals surface area (Å²) in [6.07, 6.45) is 2.55. The maximum absolute atomic E-state index is 6.14. The van der Waals surface area contributed by atoms with Gasteiger partial charge in [-0.25, -0.2) is 4.98 Å². The van der Waals surface area contributed by atoms with Gasteiger partial charge in [0.1, 0.15) is 11.5 Å². The Morgan fingerprint density at radius 2 is 1.85 bits per heavy atom. The number of aromatic nitrogens is 1. The summed E-state index contributed by atoms with van der Waals surface area (Å²) >= 11 is 0. The topological polar surface area (TPSA) is 34.6 Å². The van der Waals surface area contributed by atoms with E-state index < -0.39 is 0 Å². The van der Waals surface area contributed by atoms with Crippen molar-refractivity contribution in [3.8, 4) is 17.4 Å². The zero-order valence-corrected chi connectivity index (χ0v) is 15.4. The molecule has 0 atom stereocenters. The molecule has 1 aliphatic rings. The van der Waals surface area contributed by atoms with Crippen molar-refractivity contribution in [3.05, 3.63) is 59.7 Å². The Kier molecular flexibility index (Phi) is 4.76. The summed E-state index contributed by atoms with van der Waals surface area (Å²) in [6, 6.07) is 16.2. The minimum absolute atomic E-state index is 0.654. The number of fused-ring (bicyclic) bond motifs is 1. The number of nitrogens with zero attached hydrogens (tertiary/aromatic N) is 2. The minimum Gasteiger partial charge on any atom is -0.496 e. The summed E-state index contributed by atoms with van der Waals surface area (Å²) in [5.74, 6) is 2.36. The third kappa shape index (κ3) is 3.51. The number of para-hydroxylation sites is 1. The largest absolute Gasteiger partial charge is 0.496 e. The summed E-state index contributed by atoms with van der Waals surface area (Å²) in [6.45, 7) is 5.23. The van der Waals surface area contributed by atoms with Gasteiger partial charge in [-0.15, -0.1) is 0 Å². The average Bonchev–Trinajstić information content (AvgIpc) is 3.16. The van der Waals surface area contributed by atoms with Crippen molar-refractivity contribution in [3.63, 3.8) is 0 Å². The lowest BCUT2D eigenvalue weighted by Gasteiger charge is -2.18. The monoisotopic (exact) mass is 348 g/mol. The lowest BCUT2D eigenvalue weighted by Crippen LogP contribution is -2.18. The van der Waals surface area contributed by atoms with Crippen molar-refractivity contribution >= 4 is 10.9 Å². The first kappa shape index (κ1) is 16.9. The molecule has 0 aliphatic carbocycles. The summed E-state index contributed by atoms with van der Waals surface area (Å²) in [5.41, 5.74) is 3.13. The van der Waals surface area contributed by atoms with Crippen LogP contribution in [0.3, 0.4) is 0 Å². The summed E-state index contributed by atoms with van der Waals surface area (Å²) < 4.78 is 11.7. The zero-order valence-electron chi connectivity index (χ0n) is 15.4. The van der Waals surface area contributed by atoms with E-state index in [9.17, 15) is 0 Å². The second-order valence-electron chi connectivity index (χ2n) is 6.86. The van der Waals surface area contributed by atoms with Crippen LogP contribution in [0, 0.1) is 6.92 Å². The van der Waals surface area contributed by atoms with E-state index in [1.54, 1.807) is 7.11 Å². The first-order chi connectivity index (χ1) is 12.7. The van der Waals surface area contributed by atoms with E-state index in [2.05, 4.69) is 28.1 Å². The molecule has 1 aromatic heterocycles. The standard InChI is InChI=1S/C22H24N2O2/c1-16-13-17-7-3-4-8-20(17)23-22(16)26-19-9-10-21(25-2)18(14-19)15-24-11-5-6-12-24/h3-4,7-10,13-14H,5-6,11-12,15H2,1-2H3. The second kappa shape index (κ2) is 7.34. The average molecular weight is 348 g/mol. The Labute approximate surface area is 154 Å². The maximum Gasteiger partial charge on any atom is 0.222 e. The van der Waals surface area contributed by atoms with Crippen LogP contribution in [0.15, 0.2) is 48.5 Å². The van der Waals surface area contributed by atoms with E-state index in [4.69, 9.17) is 9.47 Å². The molecule has 0 saturated carbocycles. The summed E-state index contributed by atoms with van der Waals surface area (Å²) in [4.78, 5) is 7.14. The van der Waals surface area contributed by atoms with Crippen LogP contribution in [-0.4, -0.2) is 30.1 Å². The fraction of sp³-hybridized carbons (Fsp3) is 0.318. The Morgan fingerprint density at radius 1 is 1.04 bits per heavy atom. The number of likely N-dealkylation sites (tertiary alicyclic amines) is 1. The molecule has 0 unspecified atom stereocenters. The molecule has 2 aromatic carbocycles. The lowest BCUT2D eigenvalue weighted by atomic mass is 10.1. The molecule has 1 saturated heterocycles. The lowest BCUT2D eigenvalue weighted by molar-refractivity contribution is 0.320. The first-order valence-electron chi connectivity index (χ1n) is 9.16. The zero-order chi connectivity index (χ0) is 17.9. The van der Waals surface area contributed by atoms with E-state index in [-0.39, 0.29) is 0 Å². The number of rotatable bonds is 5. The van der Waals surface area contributed by atoms with Crippen molar-refractivity contribution in [2.45, 2.75) is 26.3 Å². The van der Waals surface area contributed by atoms with E-state index in [0.29, 0.717) is 5.88 Å². The van der Waals surface area contributed by atoms with Gasteiger partial charge in [0.2, 0.25) is 5.88 Å². The van der Waals surface area contributed by atoms with Gasteiger partial charge in [-0.2, -0.15) is 0 Å². The van der Waals surface area contributed by atoms with Gasteiger partial charge < -0.3 is 9.47 Å². The van der Waals surface area contributed by atoms with Gasteiger partial charge in [0.05, 0.1) is 12.6 Å². The molecule has 134 valence electrons. The molecule has 1 fully saturated rings. The van der Waals surface area contributed by atoms with Crippen LogP contribution in [-0.2, 0) is 6.54 Å². The van der Waals surface area contributed by atoms with Gasteiger partial charge in [0.15, 0.2) is 0 Å². The Hall–Kier alpha value is -2.59. The van der Waals surface area contributed by atoms with Crippen LogP contribution in [0.25, 0.3) is 10.9 Å². The van der Waals surface area contributed by atoms with Crippen molar-refractivity contribution in [1.82, 2.24) is 9.88 Å². The van der Waals surface area contributed by atoms with Crippen LogP contribution in [0.2, 0.25) is 0 Å². The molecule has 0 amide bonds. The number of pyridine rings is 1. The number of benzene rings is 2. The van der Waals surface area contributed by atoms with Gasteiger partial charge in [-0.05, 0) is 63.2 Å². The molecule has 4 heteroatoms. The number of hydrogen-bond donors (Lipinski definition) is 0. The van der Waals surface area contributed by atoms with Crippen molar-refractivity contribution in [1.29, 1.82) is 0 Å². The number of methoxy groups -OCH3 is 1. The van der Waals surface area contributed by atoms with E-state index in [1.807, 2.05) is 37.3 Å². The Balaban J connectivity index is 1.62. The number of hydrogen-bond acceptors (Lipinski definition) is 4. The molecule has 0 bridgehead atoms. The molecule has 26 heavy (non-hydrogen) atoms. The molecule has 4 nitrogen and oxygen atoms in total. The molecule has 1 aliphatic heterocycles. The SMILES string of the molecule is COc1ccc(Oc2nc3ccccc3cc2C)cc1CN1CCCC1. The molecule has 0 radical (unpaired) electrons. The highest BCUT2D eigenvalue weighted by Gasteiger charge is 2.15. The summed E-state index contributed by atoms with van der Waals surface area (Å²) in [7, 11) is 1.72. The number of aryl methyl sites for hydroxylation is 1. The van der Waals surface area contributed by atoms with Crippen molar-refractivity contribution in [2.75, 3.05) is 20.2 Å². The van der Waals surface area contributed by atoms with Gasteiger partial charge in [0.25, 0.3) is 0 Å². The fourth-order valence-corrected chi connectivity index (χ4v) is 3.54. The van der Waals surface area contributed by atoms with Crippen LogP contribution >= 0.6 is 0 Å². The second-order valence-corrected chi connectivity index (χ2v) is 6.86. The third-order valence-electron chi connectivity index (χ3n) is 4.93. The quantitative estimate of drug-likeness (QED) is 0.654. The molecule has 4 rings (SSSR count). The molecule has 3 aromatic rings. The Bertz CT molecular complexity index is 917. The van der Waals surface area contributed by atoms with Gasteiger partial charge in [-0.1, -0.05) is 18.2 Å². The highest BCUT2D eigenvalue weighted by Crippen LogP contribution is 2.31.